The fraction of sp³-hybridized carbons (Fsp3) is 0.182. The van der Waals surface area contributed by atoms with Gasteiger partial charge < -0.3 is 4.74 Å². The summed E-state index contributed by atoms with van der Waals surface area (Å²) < 4.78 is 4.96. The Balaban J connectivity index is 2.54. The quantitative estimate of drug-likeness (QED) is 0.556. The van der Waals surface area contributed by atoms with Crippen molar-refractivity contribution >= 4 is 12.0 Å². The van der Waals surface area contributed by atoms with Crippen LogP contribution >= 0.6 is 0 Å². The van der Waals surface area contributed by atoms with Crippen LogP contribution in [0.5, 0.6) is 0 Å². The van der Waals surface area contributed by atoms with E-state index < -0.39 is 0 Å². The summed E-state index contributed by atoms with van der Waals surface area (Å²) in [5, 5.41) is 7.33. The number of rotatable bonds is 3. The lowest BCUT2D eigenvalue weighted by atomic mass is 10.2. The van der Waals surface area contributed by atoms with Crippen LogP contribution in [-0.2, 0) is 4.74 Å². The molecule has 2 heteroatoms. The van der Waals surface area contributed by atoms with E-state index in [-0.39, 0.29) is 5.90 Å². The van der Waals surface area contributed by atoms with Crippen molar-refractivity contribution in [2.24, 2.45) is 0 Å². The fourth-order valence-corrected chi connectivity index (χ4v) is 0.940. The van der Waals surface area contributed by atoms with Crippen molar-refractivity contribution < 1.29 is 4.74 Å². The van der Waals surface area contributed by atoms with E-state index in [0.29, 0.717) is 6.61 Å². The van der Waals surface area contributed by atoms with Crippen molar-refractivity contribution in [3.8, 4) is 0 Å². The van der Waals surface area contributed by atoms with Gasteiger partial charge in [-0.25, -0.2) is 0 Å². The van der Waals surface area contributed by atoms with Crippen LogP contribution in [0.15, 0.2) is 36.4 Å². The van der Waals surface area contributed by atoms with Gasteiger partial charge in [0.2, 0.25) is 5.90 Å². The molecule has 0 heterocycles. The van der Waals surface area contributed by atoms with Crippen LogP contribution in [0.4, 0.5) is 0 Å². The first-order valence-corrected chi connectivity index (χ1v) is 4.27. The molecule has 0 aliphatic rings. The number of ether oxygens (including phenoxy) is 1. The van der Waals surface area contributed by atoms with Crippen LogP contribution in [0.3, 0.4) is 0 Å². The van der Waals surface area contributed by atoms with E-state index in [4.69, 9.17) is 10.1 Å². The van der Waals surface area contributed by atoms with Gasteiger partial charge >= 0.3 is 0 Å². The van der Waals surface area contributed by atoms with Gasteiger partial charge in [0.15, 0.2) is 0 Å². The second-order valence-electron chi connectivity index (χ2n) is 2.54. The molecule has 0 atom stereocenters. The third-order valence-corrected chi connectivity index (χ3v) is 1.53. The van der Waals surface area contributed by atoms with Gasteiger partial charge in [-0.15, -0.1) is 0 Å². The summed E-state index contributed by atoms with van der Waals surface area (Å²) in [5.74, 6) is 0.200. The van der Waals surface area contributed by atoms with Gasteiger partial charge in [0.05, 0.1) is 6.61 Å². The maximum absolute atomic E-state index is 7.33. The zero-order chi connectivity index (χ0) is 9.52. The summed E-state index contributed by atoms with van der Waals surface area (Å²) in [6, 6.07) is 9.85. The second kappa shape index (κ2) is 5.14. The highest BCUT2D eigenvalue weighted by Gasteiger charge is 1.88. The normalized spacial score (nSPS) is 10.2. The van der Waals surface area contributed by atoms with Crippen LogP contribution in [0.25, 0.3) is 6.08 Å². The predicted molar refractivity (Wildman–Crippen MR) is 54.8 cm³/mol. The smallest absolute Gasteiger partial charge is 0.205 e. The average molecular weight is 175 g/mol. The van der Waals surface area contributed by atoms with E-state index in [1.165, 1.54) is 0 Å². The lowest BCUT2D eigenvalue weighted by Crippen LogP contribution is -1.97. The average Bonchev–Trinajstić information content (AvgIpc) is 2.17. The highest BCUT2D eigenvalue weighted by molar-refractivity contribution is 5.89. The number of benzene rings is 1. The van der Waals surface area contributed by atoms with E-state index in [9.17, 15) is 0 Å². The summed E-state index contributed by atoms with van der Waals surface area (Å²) in [6.45, 7) is 2.41. The molecule has 0 unspecified atom stereocenters. The molecule has 1 N–H and O–H groups in total. The zero-order valence-electron chi connectivity index (χ0n) is 7.66. The molecule has 2 nitrogen and oxygen atoms in total. The Morgan fingerprint density at radius 2 is 2.08 bits per heavy atom. The fourth-order valence-electron chi connectivity index (χ4n) is 0.940. The van der Waals surface area contributed by atoms with E-state index in [2.05, 4.69) is 0 Å². The van der Waals surface area contributed by atoms with Gasteiger partial charge in [0.25, 0.3) is 0 Å². The maximum Gasteiger partial charge on any atom is 0.205 e. The van der Waals surface area contributed by atoms with Gasteiger partial charge in [-0.3, -0.25) is 5.41 Å². The summed E-state index contributed by atoms with van der Waals surface area (Å²) in [4.78, 5) is 0. The zero-order valence-corrected chi connectivity index (χ0v) is 7.66. The number of hydrogen-bond donors (Lipinski definition) is 1. The molecule has 0 radical (unpaired) electrons. The van der Waals surface area contributed by atoms with Crippen molar-refractivity contribution in [1.29, 1.82) is 5.41 Å². The Labute approximate surface area is 78.4 Å². The molecule has 13 heavy (non-hydrogen) atoms. The van der Waals surface area contributed by atoms with Crippen LogP contribution in [0.1, 0.15) is 12.5 Å². The standard InChI is InChI=1S/C11H13NO/c1-2-13-11(12)9-8-10-6-4-3-5-7-10/h3-9,12H,2H2,1H3. The van der Waals surface area contributed by atoms with Gasteiger partial charge in [0.1, 0.15) is 0 Å². The first-order valence-electron chi connectivity index (χ1n) is 4.27. The summed E-state index contributed by atoms with van der Waals surface area (Å²) in [6.07, 6.45) is 3.51. The number of hydrogen-bond acceptors (Lipinski definition) is 2. The van der Waals surface area contributed by atoms with Gasteiger partial charge in [0, 0.05) is 6.08 Å². The van der Waals surface area contributed by atoms with Gasteiger partial charge in [-0.05, 0) is 18.6 Å². The molecule has 0 amide bonds. The molecule has 0 aromatic heterocycles. The Morgan fingerprint density at radius 3 is 2.69 bits per heavy atom. The van der Waals surface area contributed by atoms with Gasteiger partial charge in [-0.2, -0.15) is 0 Å². The van der Waals surface area contributed by atoms with E-state index in [0.717, 1.165) is 5.56 Å². The minimum absolute atomic E-state index is 0.200. The Hall–Kier alpha value is -1.57. The second-order valence-corrected chi connectivity index (χ2v) is 2.54. The topological polar surface area (TPSA) is 33.1 Å². The summed E-state index contributed by atoms with van der Waals surface area (Å²) in [7, 11) is 0. The third-order valence-electron chi connectivity index (χ3n) is 1.53. The Kier molecular flexibility index (Phi) is 3.76. The minimum Gasteiger partial charge on any atom is -0.478 e. The van der Waals surface area contributed by atoms with E-state index in [1.807, 2.05) is 43.3 Å². The third kappa shape index (κ3) is 3.56. The van der Waals surface area contributed by atoms with Crippen molar-refractivity contribution in [1.82, 2.24) is 0 Å². The molecular weight excluding hydrogens is 162 g/mol. The van der Waals surface area contributed by atoms with Crippen LogP contribution in [0, 0.1) is 5.41 Å². The lowest BCUT2D eigenvalue weighted by Gasteiger charge is -1.97. The SMILES string of the molecule is CCOC(=N)C=Cc1ccccc1. The van der Waals surface area contributed by atoms with E-state index >= 15 is 0 Å². The van der Waals surface area contributed by atoms with Crippen molar-refractivity contribution in [2.45, 2.75) is 6.92 Å². The monoisotopic (exact) mass is 175 g/mol. The molecular formula is C11H13NO. The molecule has 1 aromatic carbocycles. The lowest BCUT2D eigenvalue weighted by molar-refractivity contribution is 0.327. The molecule has 0 saturated carbocycles. The molecule has 0 saturated heterocycles. The van der Waals surface area contributed by atoms with Gasteiger partial charge in [-0.1, -0.05) is 30.3 Å². The summed E-state index contributed by atoms with van der Waals surface area (Å²) >= 11 is 0. The van der Waals surface area contributed by atoms with Crippen molar-refractivity contribution in [3.05, 3.63) is 42.0 Å². The molecule has 0 bridgehead atoms. The summed E-state index contributed by atoms with van der Waals surface area (Å²) in [5.41, 5.74) is 1.08. The highest BCUT2D eigenvalue weighted by atomic mass is 16.5. The largest absolute Gasteiger partial charge is 0.478 e. The van der Waals surface area contributed by atoms with Crippen LogP contribution in [0.2, 0.25) is 0 Å². The van der Waals surface area contributed by atoms with E-state index in [1.54, 1.807) is 6.08 Å². The van der Waals surface area contributed by atoms with Crippen LogP contribution in [-0.4, -0.2) is 12.5 Å². The Morgan fingerprint density at radius 1 is 1.38 bits per heavy atom. The molecule has 0 aliphatic heterocycles. The Bertz CT molecular complexity index is 290. The minimum atomic E-state index is 0.200. The predicted octanol–water partition coefficient (Wildman–Crippen LogP) is 2.71. The maximum atomic E-state index is 7.33. The molecule has 1 aromatic rings. The first-order chi connectivity index (χ1) is 6.33. The first kappa shape index (κ1) is 9.52. The molecule has 68 valence electrons. The van der Waals surface area contributed by atoms with Crippen molar-refractivity contribution in [2.75, 3.05) is 6.61 Å². The molecule has 0 aliphatic carbocycles. The van der Waals surface area contributed by atoms with Crippen molar-refractivity contribution in [3.63, 3.8) is 0 Å². The molecule has 1 rings (SSSR count). The molecule has 0 spiro atoms. The number of nitrogens with one attached hydrogen (secondary N) is 1. The molecule has 0 fully saturated rings. The van der Waals surface area contributed by atoms with Crippen LogP contribution < -0.4 is 0 Å². The highest BCUT2D eigenvalue weighted by Crippen LogP contribution is 2.00.